The maximum Gasteiger partial charge on any atom is 0.416 e. The highest BCUT2D eigenvalue weighted by Crippen LogP contribution is 2.31. The van der Waals surface area contributed by atoms with E-state index in [2.05, 4.69) is 5.32 Å². The fourth-order valence-electron chi connectivity index (χ4n) is 2.47. The van der Waals surface area contributed by atoms with Crippen molar-refractivity contribution in [1.82, 2.24) is 0 Å². The molecule has 0 saturated heterocycles. The molecule has 0 aliphatic rings. The zero-order chi connectivity index (χ0) is 20.9. The van der Waals surface area contributed by atoms with Gasteiger partial charge in [0.25, 0.3) is 0 Å². The molecule has 0 fully saturated rings. The number of hydrogen-bond acceptors (Lipinski definition) is 3. The predicted molar refractivity (Wildman–Crippen MR) is 100 cm³/mol. The third-order valence-electron chi connectivity index (χ3n) is 3.68. The number of nitrogens with one attached hydrogen (secondary N) is 1. The number of alkyl halides is 3. The SMILES string of the molecule is CC(=O)N(CC(=O)Nc1ccc(OC(C)C)cc1)c1cccc(C(F)(F)F)c1. The van der Waals surface area contributed by atoms with Gasteiger partial charge in [-0.25, -0.2) is 0 Å². The van der Waals surface area contributed by atoms with Gasteiger partial charge in [-0.3, -0.25) is 9.59 Å². The fourth-order valence-corrected chi connectivity index (χ4v) is 2.47. The molecule has 0 bridgehead atoms. The average molecular weight is 394 g/mol. The van der Waals surface area contributed by atoms with Crippen molar-refractivity contribution < 1.29 is 27.5 Å². The Morgan fingerprint density at radius 3 is 2.29 bits per heavy atom. The zero-order valence-electron chi connectivity index (χ0n) is 15.7. The quantitative estimate of drug-likeness (QED) is 0.786. The summed E-state index contributed by atoms with van der Waals surface area (Å²) in [6.45, 7) is 4.55. The van der Waals surface area contributed by atoms with E-state index in [1.807, 2.05) is 13.8 Å². The third-order valence-corrected chi connectivity index (χ3v) is 3.68. The number of halogens is 3. The van der Waals surface area contributed by atoms with E-state index in [4.69, 9.17) is 4.74 Å². The summed E-state index contributed by atoms with van der Waals surface area (Å²) < 4.78 is 44.2. The van der Waals surface area contributed by atoms with Crippen LogP contribution < -0.4 is 15.0 Å². The standard InChI is InChI=1S/C20H21F3N2O3/c1-13(2)28-18-9-7-16(8-10-18)24-19(27)12-25(14(3)26)17-6-4-5-15(11-17)20(21,22)23/h4-11,13H,12H2,1-3H3,(H,24,27). The van der Waals surface area contributed by atoms with Crippen LogP contribution in [0, 0.1) is 0 Å². The second-order valence-corrected chi connectivity index (χ2v) is 6.39. The zero-order valence-corrected chi connectivity index (χ0v) is 15.7. The Morgan fingerprint density at radius 1 is 1.11 bits per heavy atom. The van der Waals surface area contributed by atoms with Gasteiger partial charge in [-0.1, -0.05) is 6.07 Å². The molecule has 0 aliphatic carbocycles. The van der Waals surface area contributed by atoms with Crippen molar-refractivity contribution in [1.29, 1.82) is 0 Å². The summed E-state index contributed by atoms with van der Waals surface area (Å²) in [6, 6.07) is 10.9. The Balaban J connectivity index is 2.10. The van der Waals surface area contributed by atoms with Crippen LogP contribution in [0.25, 0.3) is 0 Å². The number of ether oxygens (including phenoxy) is 1. The molecule has 2 aromatic carbocycles. The number of nitrogens with zero attached hydrogens (tertiary/aromatic N) is 1. The van der Waals surface area contributed by atoms with Crippen molar-refractivity contribution in [3.8, 4) is 5.75 Å². The number of carbonyl (C=O) groups excluding carboxylic acids is 2. The van der Waals surface area contributed by atoms with Crippen molar-refractivity contribution in [2.75, 3.05) is 16.8 Å². The molecule has 0 atom stereocenters. The molecule has 0 aliphatic heterocycles. The molecule has 28 heavy (non-hydrogen) atoms. The predicted octanol–water partition coefficient (Wildman–Crippen LogP) is 4.48. The van der Waals surface area contributed by atoms with Gasteiger partial charge in [0.1, 0.15) is 12.3 Å². The maximum atomic E-state index is 12.9. The molecule has 0 heterocycles. The van der Waals surface area contributed by atoms with Crippen LogP contribution in [-0.2, 0) is 15.8 Å². The molecule has 0 spiro atoms. The molecule has 0 aromatic heterocycles. The molecule has 0 saturated carbocycles. The van der Waals surface area contributed by atoms with Crippen molar-refractivity contribution >= 4 is 23.2 Å². The monoisotopic (exact) mass is 394 g/mol. The van der Waals surface area contributed by atoms with Crippen LogP contribution in [0.4, 0.5) is 24.5 Å². The number of carbonyl (C=O) groups is 2. The summed E-state index contributed by atoms with van der Waals surface area (Å²) in [5.41, 5.74) is -0.413. The third kappa shape index (κ3) is 6.00. The molecule has 0 radical (unpaired) electrons. The molecule has 150 valence electrons. The van der Waals surface area contributed by atoms with Crippen LogP contribution in [0.15, 0.2) is 48.5 Å². The summed E-state index contributed by atoms with van der Waals surface area (Å²) in [7, 11) is 0. The number of hydrogen-bond donors (Lipinski definition) is 1. The molecule has 2 amide bonds. The van der Waals surface area contributed by atoms with Gasteiger partial charge in [0.15, 0.2) is 0 Å². The molecule has 0 unspecified atom stereocenters. The number of rotatable bonds is 6. The number of anilines is 2. The summed E-state index contributed by atoms with van der Waals surface area (Å²) in [5, 5.41) is 2.61. The molecule has 2 aromatic rings. The lowest BCUT2D eigenvalue weighted by molar-refractivity contribution is -0.137. The van der Waals surface area contributed by atoms with Crippen LogP contribution in [-0.4, -0.2) is 24.5 Å². The summed E-state index contributed by atoms with van der Waals surface area (Å²) in [6.07, 6.45) is -4.53. The second kappa shape index (κ2) is 8.77. The highest BCUT2D eigenvalue weighted by atomic mass is 19.4. The largest absolute Gasteiger partial charge is 0.491 e. The van der Waals surface area contributed by atoms with Gasteiger partial charge >= 0.3 is 6.18 Å². The molecular weight excluding hydrogens is 373 g/mol. The Morgan fingerprint density at radius 2 is 1.75 bits per heavy atom. The van der Waals surface area contributed by atoms with E-state index in [1.165, 1.54) is 19.1 Å². The van der Waals surface area contributed by atoms with Gasteiger partial charge in [-0.2, -0.15) is 13.2 Å². The van der Waals surface area contributed by atoms with Gasteiger partial charge in [0.05, 0.1) is 11.7 Å². The van der Waals surface area contributed by atoms with Gasteiger partial charge in [-0.15, -0.1) is 0 Å². The van der Waals surface area contributed by atoms with Crippen LogP contribution in [0.5, 0.6) is 5.75 Å². The van der Waals surface area contributed by atoms with Crippen molar-refractivity contribution in [3.05, 3.63) is 54.1 Å². The average Bonchev–Trinajstić information content (AvgIpc) is 2.60. The van der Waals surface area contributed by atoms with Crippen LogP contribution in [0.3, 0.4) is 0 Å². The summed E-state index contributed by atoms with van der Waals surface area (Å²) in [4.78, 5) is 25.2. The highest BCUT2D eigenvalue weighted by molar-refractivity contribution is 6.01. The molecule has 8 heteroatoms. The highest BCUT2D eigenvalue weighted by Gasteiger charge is 2.31. The van der Waals surface area contributed by atoms with Gasteiger partial charge in [0, 0.05) is 18.3 Å². The summed E-state index contributed by atoms with van der Waals surface area (Å²) in [5.74, 6) is -0.442. The Bertz CT molecular complexity index is 833. The lowest BCUT2D eigenvalue weighted by Gasteiger charge is -2.22. The van der Waals surface area contributed by atoms with E-state index in [0.29, 0.717) is 11.4 Å². The Labute approximate surface area is 161 Å². The van der Waals surface area contributed by atoms with E-state index < -0.39 is 30.1 Å². The smallest absolute Gasteiger partial charge is 0.416 e. The first kappa shape index (κ1) is 21.3. The van der Waals surface area contributed by atoms with Crippen molar-refractivity contribution in [2.45, 2.75) is 33.1 Å². The van der Waals surface area contributed by atoms with Crippen LogP contribution in [0.2, 0.25) is 0 Å². The minimum atomic E-state index is -4.54. The van der Waals surface area contributed by atoms with Gasteiger partial charge in [0.2, 0.25) is 11.8 Å². The van der Waals surface area contributed by atoms with Gasteiger partial charge in [-0.05, 0) is 56.3 Å². The van der Waals surface area contributed by atoms with Crippen LogP contribution >= 0.6 is 0 Å². The fraction of sp³-hybridized carbons (Fsp3) is 0.300. The van der Waals surface area contributed by atoms with E-state index in [9.17, 15) is 22.8 Å². The Hall–Kier alpha value is -3.03. The first-order valence-corrected chi connectivity index (χ1v) is 8.58. The van der Waals surface area contributed by atoms with E-state index in [1.54, 1.807) is 24.3 Å². The minimum absolute atomic E-state index is 0.00171. The van der Waals surface area contributed by atoms with E-state index >= 15 is 0 Å². The second-order valence-electron chi connectivity index (χ2n) is 6.39. The molecule has 1 N–H and O–H groups in total. The summed E-state index contributed by atoms with van der Waals surface area (Å²) >= 11 is 0. The lowest BCUT2D eigenvalue weighted by atomic mass is 10.1. The lowest BCUT2D eigenvalue weighted by Crippen LogP contribution is -2.36. The first-order chi connectivity index (χ1) is 13.1. The molecule has 2 rings (SSSR count). The van der Waals surface area contributed by atoms with Crippen molar-refractivity contribution in [2.24, 2.45) is 0 Å². The Kier molecular flexibility index (Phi) is 6.66. The van der Waals surface area contributed by atoms with E-state index in [0.717, 1.165) is 17.0 Å². The maximum absolute atomic E-state index is 12.9. The van der Waals surface area contributed by atoms with Crippen LogP contribution in [0.1, 0.15) is 26.3 Å². The van der Waals surface area contributed by atoms with E-state index in [-0.39, 0.29) is 11.8 Å². The first-order valence-electron chi connectivity index (χ1n) is 8.58. The topological polar surface area (TPSA) is 58.6 Å². The van der Waals surface area contributed by atoms with Gasteiger partial charge < -0.3 is 15.0 Å². The normalized spacial score (nSPS) is 11.2. The minimum Gasteiger partial charge on any atom is -0.491 e. The molecular formula is C20H21F3N2O3. The molecule has 5 nitrogen and oxygen atoms in total. The number of amides is 2. The number of benzene rings is 2. The van der Waals surface area contributed by atoms with Crippen molar-refractivity contribution in [3.63, 3.8) is 0 Å².